The van der Waals surface area contributed by atoms with E-state index in [1.54, 1.807) is 0 Å². The van der Waals surface area contributed by atoms with Gasteiger partial charge in [-0.2, -0.15) is 0 Å². The Balaban J connectivity index is 1.48. The number of piperazine rings is 1. The lowest BCUT2D eigenvalue weighted by Crippen LogP contribution is -2.46. The largest absolute Gasteiger partial charge is 0.368 e. The second kappa shape index (κ2) is 6.77. The highest BCUT2D eigenvalue weighted by atomic mass is 35.5. The molecule has 2 heterocycles. The molecule has 2 aromatic rings. The van der Waals surface area contributed by atoms with Crippen LogP contribution in [0.1, 0.15) is 12.0 Å². The van der Waals surface area contributed by atoms with Crippen molar-refractivity contribution in [1.82, 2.24) is 0 Å². The van der Waals surface area contributed by atoms with E-state index in [1.165, 1.54) is 5.56 Å². The van der Waals surface area contributed by atoms with Crippen LogP contribution in [0.3, 0.4) is 0 Å². The molecule has 4 nitrogen and oxygen atoms in total. The molecule has 2 aromatic carbocycles. The summed E-state index contributed by atoms with van der Waals surface area (Å²) in [6.45, 7) is 3.55. The van der Waals surface area contributed by atoms with E-state index in [0.717, 1.165) is 49.7 Å². The van der Waals surface area contributed by atoms with E-state index >= 15 is 0 Å². The Labute approximate surface area is 157 Å². The number of benzene rings is 2. The van der Waals surface area contributed by atoms with E-state index < -0.39 is 0 Å². The number of hydrogen-bond donors (Lipinski definition) is 1. The first-order valence-electron chi connectivity index (χ1n) is 8.48. The van der Waals surface area contributed by atoms with Crippen molar-refractivity contribution in [3.05, 3.63) is 52.0 Å². The molecular formula is C19H19Cl2N3O. The number of aryl methyl sites for hydroxylation is 1. The molecule has 1 fully saturated rings. The molecule has 4 rings (SSSR count). The third kappa shape index (κ3) is 3.29. The molecule has 0 aromatic heterocycles. The standard InChI is InChI=1S/C19H19Cl2N3O/c20-15-2-1-3-17(19(15)21)24-10-8-23(9-11-24)14-6-4-13-5-7-18(25)22-16(13)12-14/h1-4,6,12H,5,7-11H2,(H,22,25). The summed E-state index contributed by atoms with van der Waals surface area (Å²) in [7, 11) is 0. The summed E-state index contributed by atoms with van der Waals surface area (Å²) < 4.78 is 0. The molecule has 1 saturated heterocycles. The van der Waals surface area contributed by atoms with E-state index in [9.17, 15) is 4.79 Å². The molecule has 2 aliphatic heterocycles. The molecule has 0 bridgehead atoms. The number of nitrogens with one attached hydrogen (secondary N) is 1. The number of rotatable bonds is 2. The fraction of sp³-hybridized carbons (Fsp3) is 0.316. The van der Waals surface area contributed by atoms with Crippen LogP contribution in [0.4, 0.5) is 17.1 Å². The average Bonchev–Trinajstić information content (AvgIpc) is 2.63. The van der Waals surface area contributed by atoms with Gasteiger partial charge in [0.05, 0.1) is 15.7 Å². The second-order valence-corrected chi connectivity index (χ2v) is 7.22. The Morgan fingerprint density at radius 3 is 2.48 bits per heavy atom. The summed E-state index contributed by atoms with van der Waals surface area (Å²) in [6, 6.07) is 12.1. The lowest BCUT2D eigenvalue weighted by atomic mass is 10.0. The molecule has 1 amide bonds. The molecule has 130 valence electrons. The molecule has 1 N–H and O–H groups in total. The van der Waals surface area contributed by atoms with Gasteiger partial charge < -0.3 is 15.1 Å². The van der Waals surface area contributed by atoms with Crippen LogP contribution in [0, 0.1) is 0 Å². The van der Waals surface area contributed by atoms with Crippen molar-refractivity contribution in [1.29, 1.82) is 0 Å². The summed E-state index contributed by atoms with van der Waals surface area (Å²) in [5, 5.41) is 4.19. The van der Waals surface area contributed by atoms with Crippen LogP contribution in [-0.4, -0.2) is 32.1 Å². The highest BCUT2D eigenvalue weighted by molar-refractivity contribution is 6.43. The Morgan fingerprint density at radius 2 is 1.68 bits per heavy atom. The molecule has 25 heavy (non-hydrogen) atoms. The minimum absolute atomic E-state index is 0.102. The zero-order valence-corrected chi connectivity index (χ0v) is 15.3. The molecule has 0 radical (unpaired) electrons. The maximum atomic E-state index is 11.6. The van der Waals surface area contributed by atoms with Gasteiger partial charge in [-0.1, -0.05) is 35.3 Å². The summed E-state index contributed by atoms with van der Waals surface area (Å²) in [5.74, 6) is 0.102. The van der Waals surface area contributed by atoms with Gasteiger partial charge in [0, 0.05) is 44.0 Å². The van der Waals surface area contributed by atoms with Crippen LogP contribution in [0.5, 0.6) is 0 Å². The number of carbonyl (C=O) groups excluding carboxylic acids is 1. The average molecular weight is 376 g/mol. The van der Waals surface area contributed by atoms with Crippen molar-refractivity contribution < 1.29 is 4.79 Å². The maximum Gasteiger partial charge on any atom is 0.224 e. The smallest absolute Gasteiger partial charge is 0.224 e. The van der Waals surface area contributed by atoms with E-state index in [-0.39, 0.29) is 5.91 Å². The summed E-state index contributed by atoms with van der Waals surface area (Å²) in [4.78, 5) is 16.2. The maximum absolute atomic E-state index is 11.6. The molecule has 0 spiro atoms. The number of nitrogens with zero attached hydrogens (tertiary/aromatic N) is 2. The van der Waals surface area contributed by atoms with Crippen LogP contribution < -0.4 is 15.1 Å². The van der Waals surface area contributed by atoms with Crippen molar-refractivity contribution in [2.45, 2.75) is 12.8 Å². The topological polar surface area (TPSA) is 35.6 Å². The Hall–Kier alpha value is -1.91. The van der Waals surface area contributed by atoms with Crippen molar-refractivity contribution in [2.24, 2.45) is 0 Å². The predicted molar refractivity (Wildman–Crippen MR) is 104 cm³/mol. The fourth-order valence-corrected chi connectivity index (χ4v) is 3.91. The highest BCUT2D eigenvalue weighted by Gasteiger charge is 2.21. The SMILES string of the molecule is O=C1CCc2ccc(N3CCN(c4cccc(Cl)c4Cl)CC3)cc2N1. The summed E-state index contributed by atoms with van der Waals surface area (Å²) in [5.41, 5.74) is 4.31. The molecule has 2 aliphatic rings. The van der Waals surface area contributed by atoms with Gasteiger partial charge in [0.1, 0.15) is 0 Å². The van der Waals surface area contributed by atoms with Gasteiger partial charge in [0.2, 0.25) is 5.91 Å². The Kier molecular flexibility index (Phi) is 4.48. The normalized spacial score (nSPS) is 17.3. The minimum atomic E-state index is 0.102. The Bertz CT molecular complexity index is 816. The molecule has 0 saturated carbocycles. The van der Waals surface area contributed by atoms with Crippen LogP contribution in [0.25, 0.3) is 0 Å². The summed E-state index contributed by atoms with van der Waals surface area (Å²) in [6.07, 6.45) is 1.40. The molecule has 0 aliphatic carbocycles. The molecule has 6 heteroatoms. The van der Waals surface area contributed by atoms with Gasteiger partial charge in [-0.25, -0.2) is 0 Å². The van der Waals surface area contributed by atoms with Crippen molar-refractivity contribution in [2.75, 3.05) is 41.3 Å². The van der Waals surface area contributed by atoms with Crippen LogP contribution in [0.15, 0.2) is 36.4 Å². The third-order valence-corrected chi connectivity index (χ3v) is 5.71. The molecule has 0 atom stereocenters. The summed E-state index contributed by atoms with van der Waals surface area (Å²) >= 11 is 12.5. The van der Waals surface area contributed by atoms with E-state index in [1.807, 2.05) is 18.2 Å². The first-order valence-corrected chi connectivity index (χ1v) is 9.24. The van der Waals surface area contributed by atoms with Gasteiger partial charge in [0.15, 0.2) is 0 Å². The number of carbonyl (C=O) groups is 1. The van der Waals surface area contributed by atoms with Crippen molar-refractivity contribution in [3.8, 4) is 0 Å². The van der Waals surface area contributed by atoms with Crippen LogP contribution in [0.2, 0.25) is 10.0 Å². The third-order valence-electron chi connectivity index (χ3n) is 4.91. The zero-order chi connectivity index (χ0) is 17.4. The molecular weight excluding hydrogens is 357 g/mol. The highest BCUT2D eigenvalue weighted by Crippen LogP contribution is 2.34. The van der Waals surface area contributed by atoms with E-state index in [4.69, 9.17) is 23.2 Å². The fourth-order valence-electron chi connectivity index (χ4n) is 3.50. The number of anilines is 3. The van der Waals surface area contributed by atoms with Crippen LogP contribution >= 0.6 is 23.2 Å². The lowest BCUT2D eigenvalue weighted by molar-refractivity contribution is -0.116. The lowest BCUT2D eigenvalue weighted by Gasteiger charge is -2.38. The Morgan fingerprint density at radius 1 is 0.920 bits per heavy atom. The van der Waals surface area contributed by atoms with Gasteiger partial charge in [-0.3, -0.25) is 4.79 Å². The van der Waals surface area contributed by atoms with Gasteiger partial charge >= 0.3 is 0 Å². The predicted octanol–water partition coefficient (Wildman–Crippen LogP) is 4.20. The quantitative estimate of drug-likeness (QED) is 0.853. The van der Waals surface area contributed by atoms with Gasteiger partial charge in [-0.05, 0) is 36.2 Å². The monoisotopic (exact) mass is 375 g/mol. The minimum Gasteiger partial charge on any atom is -0.368 e. The first-order chi connectivity index (χ1) is 12.1. The number of amides is 1. The molecule has 0 unspecified atom stereocenters. The second-order valence-electron chi connectivity index (χ2n) is 6.44. The van der Waals surface area contributed by atoms with Gasteiger partial charge in [-0.15, -0.1) is 0 Å². The van der Waals surface area contributed by atoms with E-state index in [0.29, 0.717) is 16.5 Å². The number of halogens is 2. The first kappa shape index (κ1) is 16.6. The number of hydrogen-bond acceptors (Lipinski definition) is 3. The van der Waals surface area contributed by atoms with Gasteiger partial charge in [0.25, 0.3) is 0 Å². The number of fused-ring (bicyclic) bond motifs is 1. The van der Waals surface area contributed by atoms with Crippen molar-refractivity contribution >= 4 is 46.2 Å². The van der Waals surface area contributed by atoms with Crippen LogP contribution in [-0.2, 0) is 11.2 Å². The van der Waals surface area contributed by atoms with E-state index in [2.05, 4.69) is 33.3 Å². The van der Waals surface area contributed by atoms with Crippen molar-refractivity contribution in [3.63, 3.8) is 0 Å². The zero-order valence-electron chi connectivity index (χ0n) is 13.8.